The molecule has 0 fully saturated rings. The molecule has 2 heterocycles. The lowest BCUT2D eigenvalue weighted by molar-refractivity contribution is 0.539. The monoisotopic (exact) mass is 301 g/mol. The highest BCUT2D eigenvalue weighted by Gasteiger charge is 2.18. The zero-order valence-corrected chi connectivity index (χ0v) is 13.1. The second-order valence-corrected chi connectivity index (χ2v) is 6.03. The Hall–Kier alpha value is -1.95. The molecule has 0 saturated heterocycles. The van der Waals surface area contributed by atoms with Crippen molar-refractivity contribution < 1.29 is 0 Å². The third kappa shape index (κ3) is 2.63. The van der Waals surface area contributed by atoms with Crippen LogP contribution in [-0.2, 0) is 12.8 Å². The highest BCUT2D eigenvalue weighted by Crippen LogP contribution is 2.27. The lowest BCUT2D eigenvalue weighted by Gasteiger charge is -2.15. The summed E-state index contributed by atoms with van der Waals surface area (Å²) in [6.45, 7) is 4.17. The fraction of sp³-hybridized carbons (Fsp3) is 0.400. The second kappa shape index (κ2) is 5.44. The second-order valence-electron chi connectivity index (χ2n) is 5.59. The molecule has 0 aromatic carbocycles. The number of nitrogens with one attached hydrogen (secondary N) is 1. The number of aromatic nitrogens is 3. The predicted molar refractivity (Wildman–Crippen MR) is 88.0 cm³/mol. The van der Waals surface area contributed by atoms with Gasteiger partial charge in [0.2, 0.25) is 0 Å². The number of hydrogen-bond acceptors (Lipinski definition) is 4. The number of anilines is 2. The Morgan fingerprint density at radius 3 is 2.95 bits per heavy atom. The van der Waals surface area contributed by atoms with Gasteiger partial charge < -0.3 is 11.1 Å². The standard InChI is InChI=1S/C15H19N5S/c1-9(2)20-13(6-7-17-20)19-15-11(14(16)21)8-10-4-3-5-12(10)18-15/h6-9H,3-5H2,1-2H3,(H2,16,21)(H,18,19). The van der Waals surface area contributed by atoms with Gasteiger partial charge in [-0.1, -0.05) is 12.2 Å². The quantitative estimate of drug-likeness (QED) is 0.850. The van der Waals surface area contributed by atoms with Gasteiger partial charge in [0.05, 0.1) is 11.8 Å². The molecule has 3 N–H and O–H groups in total. The molecule has 1 aliphatic carbocycles. The maximum Gasteiger partial charge on any atom is 0.142 e. The third-order valence-corrected chi connectivity index (χ3v) is 3.94. The third-order valence-electron chi connectivity index (χ3n) is 3.72. The van der Waals surface area contributed by atoms with E-state index in [1.165, 1.54) is 5.56 Å². The van der Waals surface area contributed by atoms with E-state index in [1.807, 2.05) is 10.7 Å². The summed E-state index contributed by atoms with van der Waals surface area (Å²) in [5.41, 5.74) is 9.08. The summed E-state index contributed by atoms with van der Waals surface area (Å²) in [5, 5.41) is 7.66. The van der Waals surface area contributed by atoms with Crippen LogP contribution in [0, 0.1) is 0 Å². The minimum absolute atomic E-state index is 0.269. The first-order valence-corrected chi connectivity index (χ1v) is 7.60. The largest absolute Gasteiger partial charge is 0.389 e. The van der Waals surface area contributed by atoms with Gasteiger partial charge in [-0.2, -0.15) is 5.10 Å². The van der Waals surface area contributed by atoms with Crippen molar-refractivity contribution in [2.75, 3.05) is 5.32 Å². The SMILES string of the molecule is CC(C)n1nccc1Nc1nc2c(cc1C(N)=S)CCC2. The van der Waals surface area contributed by atoms with E-state index in [1.54, 1.807) is 6.20 Å². The van der Waals surface area contributed by atoms with Crippen molar-refractivity contribution in [1.29, 1.82) is 0 Å². The maximum absolute atomic E-state index is 5.86. The molecular weight excluding hydrogens is 282 g/mol. The lowest BCUT2D eigenvalue weighted by atomic mass is 10.1. The van der Waals surface area contributed by atoms with Crippen LogP contribution in [0.25, 0.3) is 0 Å². The number of thiocarbonyl (C=S) groups is 1. The Kier molecular flexibility index (Phi) is 3.63. The van der Waals surface area contributed by atoms with Crippen LogP contribution in [0.1, 0.15) is 43.1 Å². The van der Waals surface area contributed by atoms with Gasteiger partial charge in [-0.05, 0) is 44.7 Å². The molecule has 0 unspecified atom stereocenters. The van der Waals surface area contributed by atoms with E-state index in [-0.39, 0.29) is 6.04 Å². The van der Waals surface area contributed by atoms with Gasteiger partial charge in [-0.15, -0.1) is 0 Å². The van der Waals surface area contributed by atoms with Crippen LogP contribution in [0.4, 0.5) is 11.6 Å². The molecule has 3 rings (SSSR count). The minimum atomic E-state index is 0.269. The van der Waals surface area contributed by atoms with Gasteiger partial charge in [-0.3, -0.25) is 0 Å². The average molecular weight is 301 g/mol. The molecule has 0 saturated carbocycles. The Morgan fingerprint density at radius 2 is 2.24 bits per heavy atom. The summed E-state index contributed by atoms with van der Waals surface area (Å²) in [6, 6.07) is 4.28. The predicted octanol–water partition coefficient (Wildman–Crippen LogP) is 2.73. The van der Waals surface area contributed by atoms with E-state index < -0.39 is 0 Å². The first kappa shape index (κ1) is 14.0. The van der Waals surface area contributed by atoms with Crippen molar-refractivity contribution in [3.8, 4) is 0 Å². The Bertz CT molecular complexity index is 689. The molecule has 0 atom stereocenters. The maximum atomic E-state index is 5.86. The van der Waals surface area contributed by atoms with E-state index in [9.17, 15) is 0 Å². The zero-order valence-electron chi connectivity index (χ0n) is 12.3. The topological polar surface area (TPSA) is 68.8 Å². The Labute approximate surface area is 129 Å². The molecule has 2 aromatic rings. The number of pyridine rings is 1. The molecule has 5 nitrogen and oxygen atoms in total. The first-order valence-electron chi connectivity index (χ1n) is 7.19. The molecule has 0 spiro atoms. The van der Waals surface area contributed by atoms with Crippen LogP contribution in [0.15, 0.2) is 18.3 Å². The summed E-state index contributed by atoms with van der Waals surface area (Å²) >= 11 is 5.18. The van der Waals surface area contributed by atoms with Gasteiger partial charge in [0, 0.05) is 17.8 Å². The summed E-state index contributed by atoms with van der Waals surface area (Å²) in [5.74, 6) is 1.62. The highest BCUT2D eigenvalue weighted by molar-refractivity contribution is 7.80. The van der Waals surface area contributed by atoms with Gasteiger partial charge in [0.25, 0.3) is 0 Å². The van der Waals surface area contributed by atoms with Crippen molar-refractivity contribution in [3.63, 3.8) is 0 Å². The van der Waals surface area contributed by atoms with E-state index >= 15 is 0 Å². The number of nitrogens with two attached hydrogens (primary N) is 1. The van der Waals surface area contributed by atoms with Crippen molar-refractivity contribution in [1.82, 2.24) is 14.8 Å². The van der Waals surface area contributed by atoms with Crippen molar-refractivity contribution >= 4 is 28.8 Å². The molecule has 21 heavy (non-hydrogen) atoms. The van der Waals surface area contributed by atoms with Gasteiger partial charge in [-0.25, -0.2) is 9.67 Å². The fourth-order valence-electron chi connectivity index (χ4n) is 2.70. The van der Waals surface area contributed by atoms with E-state index in [0.717, 1.165) is 42.2 Å². The average Bonchev–Trinajstić information content (AvgIpc) is 3.05. The van der Waals surface area contributed by atoms with Gasteiger partial charge >= 0.3 is 0 Å². The van der Waals surface area contributed by atoms with Crippen LogP contribution in [-0.4, -0.2) is 19.8 Å². The molecule has 110 valence electrons. The number of aryl methyl sites for hydroxylation is 2. The summed E-state index contributed by atoms with van der Waals surface area (Å²) in [6.07, 6.45) is 5.00. The van der Waals surface area contributed by atoms with E-state index in [2.05, 4.69) is 30.3 Å². The smallest absolute Gasteiger partial charge is 0.142 e. The van der Waals surface area contributed by atoms with E-state index in [0.29, 0.717) is 4.99 Å². The summed E-state index contributed by atoms with van der Waals surface area (Å²) in [4.78, 5) is 5.10. The summed E-state index contributed by atoms with van der Waals surface area (Å²) in [7, 11) is 0. The van der Waals surface area contributed by atoms with Crippen molar-refractivity contribution in [2.45, 2.75) is 39.2 Å². The van der Waals surface area contributed by atoms with Crippen LogP contribution < -0.4 is 11.1 Å². The van der Waals surface area contributed by atoms with Crippen molar-refractivity contribution in [2.24, 2.45) is 5.73 Å². The van der Waals surface area contributed by atoms with Crippen LogP contribution in [0.3, 0.4) is 0 Å². The lowest BCUT2D eigenvalue weighted by Crippen LogP contribution is -2.16. The fourth-order valence-corrected chi connectivity index (χ4v) is 2.86. The Morgan fingerprint density at radius 1 is 1.43 bits per heavy atom. The molecular formula is C15H19N5S. The molecule has 2 aromatic heterocycles. The van der Waals surface area contributed by atoms with Gasteiger partial charge in [0.15, 0.2) is 0 Å². The van der Waals surface area contributed by atoms with Crippen LogP contribution >= 0.6 is 12.2 Å². The molecule has 0 amide bonds. The van der Waals surface area contributed by atoms with Gasteiger partial charge in [0.1, 0.15) is 16.6 Å². The number of nitrogens with zero attached hydrogens (tertiary/aromatic N) is 3. The normalized spacial score (nSPS) is 13.5. The number of hydrogen-bond donors (Lipinski definition) is 2. The number of fused-ring (bicyclic) bond motifs is 1. The molecule has 1 aliphatic rings. The summed E-state index contributed by atoms with van der Waals surface area (Å²) < 4.78 is 1.91. The van der Waals surface area contributed by atoms with Crippen LogP contribution in [0.5, 0.6) is 0 Å². The molecule has 0 aliphatic heterocycles. The number of rotatable bonds is 4. The first-order chi connectivity index (χ1) is 10.1. The highest BCUT2D eigenvalue weighted by atomic mass is 32.1. The zero-order chi connectivity index (χ0) is 15.0. The molecule has 0 radical (unpaired) electrons. The minimum Gasteiger partial charge on any atom is -0.389 e. The molecule has 0 bridgehead atoms. The van der Waals surface area contributed by atoms with Crippen LogP contribution in [0.2, 0.25) is 0 Å². The molecule has 6 heteroatoms. The van der Waals surface area contributed by atoms with E-state index in [4.69, 9.17) is 22.9 Å². The Balaban J connectivity index is 2.01. The van der Waals surface area contributed by atoms with Crippen molar-refractivity contribution in [3.05, 3.63) is 35.2 Å².